The topological polar surface area (TPSA) is 20.2 Å². The lowest BCUT2D eigenvalue weighted by molar-refractivity contribution is -0.0539. The normalized spacial score (nSPS) is 43.7. The van der Waals surface area contributed by atoms with E-state index in [2.05, 4.69) is 0 Å². The summed E-state index contributed by atoms with van der Waals surface area (Å²) >= 11 is 0. The summed E-state index contributed by atoms with van der Waals surface area (Å²) < 4.78 is 27.4. The van der Waals surface area contributed by atoms with Gasteiger partial charge in [-0.1, -0.05) is 6.42 Å². The Morgan fingerprint density at radius 1 is 1.16 bits per heavy atom. The van der Waals surface area contributed by atoms with Crippen molar-refractivity contribution in [1.29, 1.82) is 0 Å². The fourth-order valence-corrected chi connectivity index (χ4v) is 5.25. The molecule has 1 aromatic rings. The van der Waals surface area contributed by atoms with Gasteiger partial charge in [0.2, 0.25) is 0 Å². The second kappa shape index (κ2) is 3.78. The van der Waals surface area contributed by atoms with Crippen molar-refractivity contribution in [2.45, 2.75) is 37.7 Å². The van der Waals surface area contributed by atoms with E-state index in [0.717, 1.165) is 30.9 Å². The molecule has 3 aliphatic carbocycles. The zero-order chi connectivity index (χ0) is 13.2. The largest absolute Gasteiger partial charge is 0.385 e. The summed E-state index contributed by atoms with van der Waals surface area (Å²) in [6, 6.07) is 3.45. The van der Waals surface area contributed by atoms with Gasteiger partial charge in [-0.25, -0.2) is 8.78 Å². The summed E-state index contributed by atoms with van der Waals surface area (Å²) in [5, 5.41) is 11.0. The number of halogens is 2. The van der Waals surface area contributed by atoms with Crippen LogP contribution >= 0.6 is 0 Å². The van der Waals surface area contributed by atoms with Crippen molar-refractivity contribution in [2.24, 2.45) is 23.7 Å². The minimum absolute atomic E-state index is 0.126. The molecule has 4 rings (SSSR count). The Morgan fingerprint density at radius 3 is 2.79 bits per heavy atom. The average Bonchev–Trinajstić information content (AvgIpc) is 3.02. The molecular weight excluding hydrogens is 246 g/mol. The maximum Gasteiger partial charge on any atom is 0.129 e. The zero-order valence-electron chi connectivity index (χ0n) is 10.8. The monoisotopic (exact) mass is 264 g/mol. The Labute approximate surface area is 111 Å². The SMILES string of the molecule is OC1(c2cc(F)ccc2F)CC2CC1C1CCCC21. The number of benzene rings is 1. The third-order valence-corrected chi connectivity index (χ3v) is 5.89. The van der Waals surface area contributed by atoms with Crippen molar-refractivity contribution >= 4 is 0 Å². The molecule has 1 aromatic carbocycles. The van der Waals surface area contributed by atoms with Crippen molar-refractivity contribution < 1.29 is 13.9 Å². The van der Waals surface area contributed by atoms with Crippen LogP contribution < -0.4 is 0 Å². The van der Waals surface area contributed by atoms with Crippen LogP contribution in [0.3, 0.4) is 0 Å². The standard InChI is InChI=1S/C16H18F2O/c17-10-4-5-15(18)14(7-10)16(19)8-9-6-13(16)12-3-1-2-11(9)12/h4-5,7,9,11-13,19H,1-3,6,8H2. The molecule has 19 heavy (non-hydrogen) atoms. The molecule has 3 heteroatoms. The number of aliphatic hydroxyl groups is 1. The summed E-state index contributed by atoms with van der Waals surface area (Å²) in [5.74, 6) is 0.946. The molecule has 0 spiro atoms. The first kappa shape index (κ1) is 11.8. The minimum Gasteiger partial charge on any atom is -0.385 e. The third kappa shape index (κ3) is 1.48. The highest BCUT2D eigenvalue weighted by Gasteiger charge is 2.61. The third-order valence-electron chi connectivity index (χ3n) is 5.89. The van der Waals surface area contributed by atoms with Gasteiger partial charge in [0.05, 0.1) is 5.60 Å². The lowest BCUT2D eigenvalue weighted by Crippen LogP contribution is -2.39. The first-order valence-electron chi connectivity index (χ1n) is 7.27. The molecule has 2 bridgehead atoms. The zero-order valence-corrected chi connectivity index (χ0v) is 10.8. The summed E-state index contributed by atoms with van der Waals surface area (Å²) in [4.78, 5) is 0. The molecule has 0 saturated heterocycles. The second-order valence-corrected chi connectivity index (χ2v) is 6.61. The van der Waals surface area contributed by atoms with E-state index in [1.807, 2.05) is 0 Å². The van der Waals surface area contributed by atoms with Crippen LogP contribution in [0.1, 0.15) is 37.7 Å². The number of hydrogen-bond acceptors (Lipinski definition) is 1. The van der Waals surface area contributed by atoms with E-state index in [1.54, 1.807) is 0 Å². The van der Waals surface area contributed by atoms with E-state index in [0.29, 0.717) is 18.3 Å². The summed E-state index contributed by atoms with van der Waals surface area (Å²) in [7, 11) is 0. The van der Waals surface area contributed by atoms with E-state index in [4.69, 9.17) is 0 Å². The van der Waals surface area contributed by atoms with E-state index in [1.165, 1.54) is 18.9 Å². The molecule has 0 amide bonds. The first-order valence-corrected chi connectivity index (χ1v) is 7.27. The molecule has 0 aliphatic heterocycles. The van der Waals surface area contributed by atoms with Crippen LogP contribution in [-0.2, 0) is 5.60 Å². The second-order valence-electron chi connectivity index (χ2n) is 6.61. The molecule has 0 heterocycles. The van der Waals surface area contributed by atoms with Gasteiger partial charge < -0.3 is 5.11 Å². The Morgan fingerprint density at radius 2 is 1.95 bits per heavy atom. The Hall–Kier alpha value is -0.960. The molecule has 0 aromatic heterocycles. The summed E-state index contributed by atoms with van der Waals surface area (Å²) in [6.07, 6.45) is 5.23. The Balaban J connectivity index is 1.77. The minimum atomic E-state index is -1.14. The van der Waals surface area contributed by atoms with Gasteiger partial charge in [0.15, 0.2) is 0 Å². The predicted molar refractivity (Wildman–Crippen MR) is 67.3 cm³/mol. The van der Waals surface area contributed by atoms with Crippen molar-refractivity contribution in [2.75, 3.05) is 0 Å². The van der Waals surface area contributed by atoms with Crippen molar-refractivity contribution in [3.05, 3.63) is 35.4 Å². The molecule has 3 saturated carbocycles. The lowest BCUT2D eigenvalue weighted by Gasteiger charge is -2.39. The van der Waals surface area contributed by atoms with Crippen LogP contribution in [0, 0.1) is 35.3 Å². The predicted octanol–water partition coefficient (Wildman–Crippen LogP) is 3.61. The van der Waals surface area contributed by atoms with Crippen molar-refractivity contribution in [3.8, 4) is 0 Å². The molecule has 5 atom stereocenters. The number of rotatable bonds is 1. The quantitative estimate of drug-likeness (QED) is 0.821. The summed E-state index contributed by atoms with van der Waals surface area (Å²) in [6.45, 7) is 0. The van der Waals surface area contributed by atoms with Gasteiger partial charge in [-0.15, -0.1) is 0 Å². The van der Waals surface area contributed by atoms with E-state index in [-0.39, 0.29) is 11.5 Å². The molecule has 3 fully saturated rings. The van der Waals surface area contributed by atoms with Gasteiger partial charge in [0.1, 0.15) is 11.6 Å². The molecule has 1 nitrogen and oxygen atoms in total. The lowest BCUT2D eigenvalue weighted by atomic mass is 9.70. The molecule has 1 N–H and O–H groups in total. The number of hydrogen-bond donors (Lipinski definition) is 1. The molecule has 5 unspecified atom stereocenters. The van der Waals surface area contributed by atoms with Crippen LogP contribution in [0.15, 0.2) is 18.2 Å². The van der Waals surface area contributed by atoms with Crippen LogP contribution in [-0.4, -0.2) is 5.11 Å². The highest BCUT2D eigenvalue weighted by atomic mass is 19.1. The summed E-state index contributed by atoms with van der Waals surface area (Å²) in [5.41, 5.74) is -0.951. The molecular formula is C16H18F2O. The maximum atomic E-state index is 14.0. The fourth-order valence-electron chi connectivity index (χ4n) is 5.25. The fraction of sp³-hybridized carbons (Fsp3) is 0.625. The van der Waals surface area contributed by atoms with Gasteiger partial charge in [-0.05, 0) is 67.6 Å². The van der Waals surface area contributed by atoms with Crippen LogP contribution in [0.25, 0.3) is 0 Å². The van der Waals surface area contributed by atoms with Gasteiger partial charge >= 0.3 is 0 Å². The molecule has 3 aliphatic rings. The van der Waals surface area contributed by atoms with Gasteiger partial charge in [0.25, 0.3) is 0 Å². The van der Waals surface area contributed by atoms with Gasteiger partial charge in [-0.3, -0.25) is 0 Å². The van der Waals surface area contributed by atoms with Gasteiger partial charge in [-0.2, -0.15) is 0 Å². The van der Waals surface area contributed by atoms with Crippen LogP contribution in [0.4, 0.5) is 8.78 Å². The van der Waals surface area contributed by atoms with Gasteiger partial charge in [0, 0.05) is 5.56 Å². The Kier molecular flexibility index (Phi) is 2.36. The molecule has 102 valence electrons. The van der Waals surface area contributed by atoms with E-state index >= 15 is 0 Å². The van der Waals surface area contributed by atoms with Crippen LogP contribution in [0.2, 0.25) is 0 Å². The smallest absolute Gasteiger partial charge is 0.129 e. The van der Waals surface area contributed by atoms with Crippen molar-refractivity contribution in [1.82, 2.24) is 0 Å². The first-order chi connectivity index (χ1) is 9.09. The number of fused-ring (bicyclic) bond motifs is 5. The van der Waals surface area contributed by atoms with Crippen LogP contribution in [0.5, 0.6) is 0 Å². The highest BCUT2D eigenvalue weighted by molar-refractivity contribution is 5.30. The van der Waals surface area contributed by atoms with E-state index < -0.39 is 17.2 Å². The molecule has 0 radical (unpaired) electrons. The maximum absolute atomic E-state index is 14.0. The highest BCUT2D eigenvalue weighted by Crippen LogP contribution is 2.65. The Bertz CT molecular complexity index is 529. The van der Waals surface area contributed by atoms with Crippen molar-refractivity contribution in [3.63, 3.8) is 0 Å². The van der Waals surface area contributed by atoms with E-state index in [9.17, 15) is 13.9 Å². The average molecular weight is 264 g/mol.